The number of H-pyrrole nitrogens is 1. The van der Waals surface area contributed by atoms with Gasteiger partial charge in [-0.15, -0.1) is 0 Å². The first kappa shape index (κ1) is 12.5. The van der Waals surface area contributed by atoms with Gasteiger partial charge < -0.3 is 4.74 Å². The van der Waals surface area contributed by atoms with Gasteiger partial charge in [0.05, 0.1) is 18.0 Å². The number of aromatic amines is 1. The molecule has 1 saturated heterocycles. The third-order valence-electron chi connectivity index (χ3n) is 2.94. The van der Waals surface area contributed by atoms with Gasteiger partial charge in [0, 0.05) is 12.6 Å². The molecule has 7 heteroatoms. The number of aromatic nitrogens is 2. The van der Waals surface area contributed by atoms with E-state index in [2.05, 4.69) is 14.9 Å². The van der Waals surface area contributed by atoms with Gasteiger partial charge in [-0.1, -0.05) is 0 Å². The number of nitrogens with one attached hydrogen (secondary N) is 2. The quantitative estimate of drug-likeness (QED) is 0.827. The molecule has 0 aliphatic carbocycles. The minimum absolute atomic E-state index is 0.0306. The van der Waals surface area contributed by atoms with Crippen molar-refractivity contribution in [2.75, 3.05) is 6.61 Å². The molecule has 2 N–H and O–H groups in total. The van der Waals surface area contributed by atoms with Gasteiger partial charge in [0.1, 0.15) is 4.90 Å². The zero-order valence-corrected chi connectivity index (χ0v) is 10.8. The molecule has 0 spiro atoms. The van der Waals surface area contributed by atoms with E-state index in [-0.39, 0.29) is 17.0 Å². The molecule has 6 nitrogen and oxygen atoms in total. The summed E-state index contributed by atoms with van der Waals surface area (Å²) in [5, 5.41) is 6.33. The van der Waals surface area contributed by atoms with E-state index in [1.54, 1.807) is 6.92 Å². The third kappa shape index (κ3) is 2.67. The second-order valence-electron chi connectivity index (χ2n) is 4.32. The molecule has 2 rings (SSSR count). The first-order valence-corrected chi connectivity index (χ1v) is 7.13. The topological polar surface area (TPSA) is 84.1 Å². The Labute approximate surface area is 101 Å². The van der Waals surface area contributed by atoms with E-state index in [0.717, 1.165) is 12.8 Å². The first-order chi connectivity index (χ1) is 8.00. The molecule has 1 aromatic heterocycles. The molecule has 0 aromatic carbocycles. The molecule has 1 aromatic rings. The van der Waals surface area contributed by atoms with Gasteiger partial charge in [0.2, 0.25) is 10.0 Å². The average molecular weight is 259 g/mol. The van der Waals surface area contributed by atoms with Crippen molar-refractivity contribution in [3.8, 4) is 0 Å². The first-order valence-electron chi connectivity index (χ1n) is 5.64. The van der Waals surface area contributed by atoms with E-state index in [4.69, 9.17) is 4.74 Å². The molecule has 2 atom stereocenters. The van der Waals surface area contributed by atoms with Crippen LogP contribution in [0.4, 0.5) is 0 Å². The van der Waals surface area contributed by atoms with Crippen molar-refractivity contribution in [3.05, 3.63) is 11.9 Å². The number of aryl methyl sites for hydroxylation is 1. The molecule has 1 aliphatic rings. The second kappa shape index (κ2) is 4.75. The van der Waals surface area contributed by atoms with Crippen LogP contribution >= 0.6 is 0 Å². The summed E-state index contributed by atoms with van der Waals surface area (Å²) in [5.74, 6) is 0. The molecular formula is C10H17N3O3S. The Bertz CT molecular complexity index is 477. The highest BCUT2D eigenvalue weighted by atomic mass is 32.2. The fourth-order valence-electron chi connectivity index (χ4n) is 1.99. The average Bonchev–Trinajstić information content (AvgIpc) is 2.85. The van der Waals surface area contributed by atoms with Crippen molar-refractivity contribution < 1.29 is 13.2 Å². The highest BCUT2D eigenvalue weighted by Gasteiger charge is 2.28. The summed E-state index contributed by atoms with van der Waals surface area (Å²) in [6.45, 7) is 4.21. The maximum atomic E-state index is 12.1. The zero-order chi connectivity index (χ0) is 12.5. The molecule has 0 saturated carbocycles. The van der Waals surface area contributed by atoms with Gasteiger partial charge in [0.25, 0.3) is 0 Å². The number of rotatable bonds is 4. The van der Waals surface area contributed by atoms with Crippen LogP contribution in [-0.4, -0.2) is 37.4 Å². The molecule has 0 amide bonds. The largest absolute Gasteiger partial charge is 0.377 e. The summed E-state index contributed by atoms with van der Waals surface area (Å²) in [5.41, 5.74) is 0.539. The smallest absolute Gasteiger partial charge is 0.244 e. The molecule has 2 heterocycles. The van der Waals surface area contributed by atoms with Crippen LogP contribution in [-0.2, 0) is 14.8 Å². The van der Waals surface area contributed by atoms with Crippen molar-refractivity contribution in [1.82, 2.24) is 14.9 Å². The Kier molecular flexibility index (Phi) is 3.50. The predicted octanol–water partition coefficient (Wildman–Crippen LogP) is 0.564. The maximum Gasteiger partial charge on any atom is 0.244 e. The van der Waals surface area contributed by atoms with Gasteiger partial charge in [-0.3, -0.25) is 5.10 Å². The SMILES string of the molecule is Cc1[nH]ncc1S(=O)(=O)NC(C)C1CCCO1. The lowest BCUT2D eigenvalue weighted by atomic mass is 10.1. The van der Waals surface area contributed by atoms with Gasteiger partial charge in [-0.05, 0) is 26.7 Å². The van der Waals surface area contributed by atoms with Crippen LogP contribution in [0.15, 0.2) is 11.1 Å². The van der Waals surface area contributed by atoms with Crippen LogP contribution in [0.2, 0.25) is 0 Å². The predicted molar refractivity (Wildman–Crippen MR) is 62.1 cm³/mol. The summed E-state index contributed by atoms with van der Waals surface area (Å²) in [7, 11) is -3.51. The van der Waals surface area contributed by atoms with Crippen molar-refractivity contribution in [2.45, 2.75) is 43.7 Å². The molecule has 1 fully saturated rings. The van der Waals surface area contributed by atoms with Crippen LogP contribution in [0.3, 0.4) is 0 Å². The van der Waals surface area contributed by atoms with E-state index in [9.17, 15) is 8.42 Å². The third-order valence-corrected chi connectivity index (χ3v) is 4.61. The minimum atomic E-state index is -3.51. The van der Waals surface area contributed by atoms with Crippen LogP contribution in [0.25, 0.3) is 0 Å². The zero-order valence-electron chi connectivity index (χ0n) is 9.93. The monoisotopic (exact) mass is 259 g/mol. The van der Waals surface area contributed by atoms with Crippen molar-refractivity contribution in [1.29, 1.82) is 0 Å². The summed E-state index contributed by atoms with van der Waals surface area (Å²) in [6.07, 6.45) is 3.17. The lowest BCUT2D eigenvalue weighted by Crippen LogP contribution is -2.40. The molecule has 96 valence electrons. The number of hydrogen-bond donors (Lipinski definition) is 2. The fraction of sp³-hybridized carbons (Fsp3) is 0.700. The van der Waals surface area contributed by atoms with E-state index < -0.39 is 10.0 Å². The van der Waals surface area contributed by atoms with Gasteiger partial charge in [-0.2, -0.15) is 5.10 Å². The Hall–Kier alpha value is -0.920. The Morgan fingerprint density at radius 3 is 2.94 bits per heavy atom. The van der Waals surface area contributed by atoms with Crippen LogP contribution < -0.4 is 4.72 Å². The van der Waals surface area contributed by atoms with E-state index >= 15 is 0 Å². The van der Waals surface area contributed by atoms with E-state index in [1.165, 1.54) is 6.20 Å². The number of hydrogen-bond acceptors (Lipinski definition) is 4. The Morgan fingerprint density at radius 2 is 2.41 bits per heavy atom. The summed E-state index contributed by atoms with van der Waals surface area (Å²) in [4.78, 5) is 0.197. The lowest BCUT2D eigenvalue weighted by molar-refractivity contribution is 0.0902. The second-order valence-corrected chi connectivity index (χ2v) is 6.00. The number of nitrogens with zero attached hydrogens (tertiary/aromatic N) is 1. The minimum Gasteiger partial charge on any atom is -0.377 e. The van der Waals surface area contributed by atoms with Crippen molar-refractivity contribution in [2.24, 2.45) is 0 Å². The van der Waals surface area contributed by atoms with E-state index in [0.29, 0.717) is 12.3 Å². The Balaban J connectivity index is 2.09. The Morgan fingerprint density at radius 1 is 1.65 bits per heavy atom. The fourth-order valence-corrected chi connectivity index (χ4v) is 3.40. The summed E-state index contributed by atoms with van der Waals surface area (Å²) in [6, 6.07) is -0.225. The molecular weight excluding hydrogens is 242 g/mol. The number of ether oxygens (including phenoxy) is 1. The lowest BCUT2D eigenvalue weighted by Gasteiger charge is -2.19. The normalized spacial score (nSPS) is 22.8. The van der Waals surface area contributed by atoms with Gasteiger partial charge >= 0.3 is 0 Å². The molecule has 2 unspecified atom stereocenters. The molecule has 0 bridgehead atoms. The van der Waals surface area contributed by atoms with Crippen LogP contribution in [0, 0.1) is 6.92 Å². The standard InChI is InChI=1S/C10H17N3O3S/c1-7(9-4-3-5-16-9)13-17(14,15)10-6-11-12-8(10)2/h6-7,9,13H,3-5H2,1-2H3,(H,11,12). The van der Waals surface area contributed by atoms with Crippen LogP contribution in [0.1, 0.15) is 25.5 Å². The molecule has 17 heavy (non-hydrogen) atoms. The molecule has 1 aliphatic heterocycles. The van der Waals surface area contributed by atoms with Crippen molar-refractivity contribution in [3.63, 3.8) is 0 Å². The molecule has 0 radical (unpaired) electrons. The summed E-state index contributed by atoms with van der Waals surface area (Å²) < 4.78 is 32.2. The number of sulfonamides is 1. The van der Waals surface area contributed by atoms with E-state index in [1.807, 2.05) is 6.92 Å². The van der Waals surface area contributed by atoms with Gasteiger partial charge in [0.15, 0.2) is 0 Å². The maximum absolute atomic E-state index is 12.1. The van der Waals surface area contributed by atoms with Crippen molar-refractivity contribution >= 4 is 10.0 Å². The highest BCUT2D eigenvalue weighted by molar-refractivity contribution is 7.89. The summed E-state index contributed by atoms with van der Waals surface area (Å²) >= 11 is 0. The van der Waals surface area contributed by atoms with Gasteiger partial charge in [-0.25, -0.2) is 13.1 Å². The van der Waals surface area contributed by atoms with Crippen LogP contribution in [0.5, 0.6) is 0 Å². The highest BCUT2D eigenvalue weighted by Crippen LogP contribution is 2.18.